The number of amides is 2. The molecule has 3 N–H and O–H groups in total. The Balaban J connectivity index is 1.71. The molecule has 0 radical (unpaired) electrons. The number of primary amides is 1. The molecule has 2 aromatic carbocycles. The summed E-state index contributed by atoms with van der Waals surface area (Å²) >= 11 is 0. The van der Waals surface area contributed by atoms with Crippen LogP contribution < -0.4 is 21.2 Å². The fourth-order valence-corrected chi connectivity index (χ4v) is 4.30. The molecule has 2 amide bonds. The lowest BCUT2D eigenvalue weighted by Crippen LogP contribution is -2.32. The van der Waals surface area contributed by atoms with Gasteiger partial charge in [-0.15, -0.1) is 0 Å². The SMILES string of the molecule is CCOC(=O)c1c(C)oc(NC(=O)C(C)Oc2c(-c3ccc(C(C)(C)C)cc3)oc3ccccc3c2=O)c1C(N)=O. The van der Waals surface area contributed by atoms with Crippen LogP contribution in [0.5, 0.6) is 5.75 Å². The minimum absolute atomic E-state index is 0.0392. The summed E-state index contributed by atoms with van der Waals surface area (Å²) in [4.78, 5) is 51.3. The number of hydrogen-bond acceptors (Lipinski definition) is 8. The van der Waals surface area contributed by atoms with E-state index in [2.05, 4.69) is 26.1 Å². The number of nitrogens with one attached hydrogen (secondary N) is 1. The van der Waals surface area contributed by atoms with E-state index in [9.17, 15) is 19.2 Å². The number of ether oxygens (including phenoxy) is 2. The minimum atomic E-state index is -1.26. The van der Waals surface area contributed by atoms with E-state index in [4.69, 9.17) is 24.0 Å². The van der Waals surface area contributed by atoms with Gasteiger partial charge in [-0.1, -0.05) is 57.2 Å². The van der Waals surface area contributed by atoms with Crippen LogP contribution in [0.15, 0.2) is 62.2 Å². The monoisotopic (exact) mass is 560 g/mol. The quantitative estimate of drug-likeness (QED) is 0.274. The van der Waals surface area contributed by atoms with Gasteiger partial charge in [-0.3, -0.25) is 19.7 Å². The lowest BCUT2D eigenvalue weighted by atomic mass is 9.86. The van der Waals surface area contributed by atoms with Gasteiger partial charge >= 0.3 is 5.97 Å². The summed E-state index contributed by atoms with van der Waals surface area (Å²) in [6.45, 7) is 10.8. The van der Waals surface area contributed by atoms with Crippen molar-refractivity contribution in [2.45, 2.75) is 53.1 Å². The van der Waals surface area contributed by atoms with Crippen molar-refractivity contribution in [1.82, 2.24) is 0 Å². The maximum Gasteiger partial charge on any atom is 0.342 e. The number of furan rings is 1. The molecular weight excluding hydrogens is 528 g/mol. The number of para-hydroxylation sites is 1. The van der Waals surface area contributed by atoms with Crippen molar-refractivity contribution in [2.75, 3.05) is 11.9 Å². The maximum absolute atomic E-state index is 13.5. The third-order valence-corrected chi connectivity index (χ3v) is 6.48. The Labute approximate surface area is 236 Å². The Bertz CT molecular complexity index is 1690. The predicted octanol–water partition coefficient (Wildman–Crippen LogP) is 5.34. The van der Waals surface area contributed by atoms with Gasteiger partial charge < -0.3 is 24.0 Å². The van der Waals surface area contributed by atoms with Crippen LogP contribution in [0, 0.1) is 6.92 Å². The second kappa shape index (κ2) is 11.3. The number of fused-ring (bicyclic) bond motifs is 1. The Kier molecular flexibility index (Phi) is 8.05. The van der Waals surface area contributed by atoms with Crippen LogP contribution in [0.4, 0.5) is 5.88 Å². The molecule has 0 aliphatic heterocycles. The molecule has 0 saturated heterocycles. The van der Waals surface area contributed by atoms with Crippen molar-refractivity contribution >= 4 is 34.6 Å². The molecule has 2 aromatic heterocycles. The highest BCUT2D eigenvalue weighted by molar-refractivity contribution is 6.10. The van der Waals surface area contributed by atoms with E-state index in [-0.39, 0.29) is 51.7 Å². The van der Waals surface area contributed by atoms with Crippen molar-refractivity contribution in [3.05, 3.63) is 81.2 Å². The van der Waals surface area contributed by atoms with Crippen molar-refractivity contribution in [3.63, 3.8) is 0 Å². The number of aryl methyl sites for hydroxylation is 1. The third-order valence-electron chi connectivity index (χ3n) is 6.48. The molecule has 0 bridgehead atoms. The van der Waals surface area contributed by atoms with E-state index in [1.54, 1.807) is 31.2 Å². The molecule has 1 unspecified atom stereocenters. The summed E-state index contributed by atoms with van der Waals surface area (Å²) in [5, 5.41) is 2.72. The van der Waals surface area contributed by atoms with Gasteiger partial charge in [-0.05, 0) is 43.9 Å². The number of hydrogen-bond donors (Lipinski definition) is 2. The molecule has 0 spiro atoms. The first-order valence-corrected chi connectivity index (χ1v) is 13.1. The van der Waals surface area contributed by atoms with Crippen LogP contribution >= 0.6 is 0 Å². The first kappa shape index (κ1) is 29.1. The van der Waals surface area contributed by atoms with E-state index in [0.717, 1.165) is 5.56 Å². The molecule has 0 aliphatic carbocycles. The van der Waals surface area contributed by atoms with Crippen LogP contribution in [0.25, 0.3) is 22.3 Å². The molecule has 0 aliphatic rings. The molecule has 10 heteroatoms. The fourth-order valence-electron chi connectivity index (χ4n) is 4.30. The number of carbonyl (C=O) groups is 3. The largest absolute Gasteiger partial charge is 0.473 e. The summed E-state index contributed by atoms with van der Waals surface area (Å²) < 4.78 is 22.5. The number of anilines is 1. The van der Waals surface area contributed by atoms with Gasteiger partial charge in [-0.2, -0.15) is 0 Å². The molecule has 10 nitrogen and oxygen atoms in total. The average molecular weight is 561 g/mol. The average Bonchev–Trinajstić information content (AvgIpc) is 3.25. The van der Waals surface area contributed by atoms with Gasteiger partial charge in [0.2, 0.25) is 17.1 Å². The van der Waals surface area contributed by atoms with E-state index in [0.29, 0.717) is 11.1 Å². The zero-order valence-electron chi connectivity index (χ0n) is 23.7. The first-order valence-electron chi connectivity index (χ1n) is 13.1. The number of esters is 1. The van der Waals surface area contributed by atoms with Crippen LogP contribution in [0.2, 0.25) is 0 Å². The van der Waals surface area contributed by atoms with Crippen LogP contribution in [-0.4, -0.2) is 30.5 Å². The van der Waals surface area contributed by atoms with Crippen LogP contribution in [-0.2, 0) is 14.9 Å². The molecular formula is C31H32N2O8. The lowest BCUT2D eigenvalue weighted by Gasteiger charge is -2.20. The summed E-state index contributed by atoms with van der Waals surface area (Å²) in [5.74, 6) is -2.87. The molecule has 41 heavy (non-hydrogen) atoms. The van der Waals surface area contributed by atoms with E-state index >= 15 is 0 Å². The summed E-state index contributed by atoms with van der Waals surface area (Å²) in [6.07, 6.45) is -1.26. The lowest BCUT2D eigenvalue weighted by molar-refractivity contribution is -0.122. The van der Waals surface area contributed by atoms with Crippen LogP contribution in [0.3, 0.4) is 0 Å². The standard InChI is InChI=1S/C31H32N2O8/c1-7-38-30(37)22-16(2)40-29(23(22)27(32)35)33-28(36)17(3)39-26-24(34)20-10-8-9-11-21(20)41-25(26)18-12-14-19(15-13-18)31(4,5)6/h8-15,17H,7H2,1-6H3,(H2,32,35)(H,33,36). The van der Waals surface area contributed by atoms with Gasteiger partial charge in [0.15, 0.2) is 11.9 Å². The first-order chi connectivity index (χ1) is 19.3. The Hall–Kier alpha value is -4.86. The normalized spacial score (nSPS) is 12.1. The fraction of sp³-hybridized carbons (Fsp3) is 0.290. The summed E-state index contributed by atoms with van der Waals surface area (Å²) in [7, 11) is 0. The van der Waals surface area contributed by atoms with Crippen molar-refractivity contribution in [3.8, 4) is 17.1 Å². The third kappa shape index (κ3) is 5.86. The Morgan fingerprint density at radius 3 is 2.27 bits per heavy atom. The predicted molar refractivity (Wildman–Crippen MR) is 153 cm³/mol. The second-order valence-corrected chi connectivity index (χ2v) is 10.5. The van der Waals surface area contributed by atoms with Gasteiger partial charge in [0.25, 0.3) is 11.8 Å². The molecule has 2 heterocycles. The zero-order valence-corrected chi connectivity index (χ0v) is 23.7. The number of carbonyl (C=O) groups excluding carboxylic acids is 3. The topological polar surface area (TPSA) is 151 Å². The van der Waals surface area contributed by atoms with E-state index in [1.165, 1.54) is 13.8 Å². The van der Waals surface area contributed by atoms with Gasteiger partial charge in [0.1, 0.15) is 22.5 Å². The maximum atomic E-state index is 13.5. The molecule has 0 saturated carbocycles. The van der Waals surface area contributed by atoms with Crippen molar-refractivity contribution in [2.24, 2.45) is 5.73 Å². The van der Waals surface area contributed by atoms with E-state index in [1.807, 2.05) is 24.3 Å². The van der Waals surface area contributed by atoms with Crippen molar-refractivity contribution in [1.29, 1.82) is 0 Å². The molecule has 0 fully saturated rings. The number of rotatable bonds is 8. The smallest absolute Gasteiger partial charge is 0.342 e. The summed E-state index contributed by atoms with van der Waals surface area (Å²) in [6, 6.07) is 14.3. The molecule has 4 rings (SSSR count). The highest BCUT2D eigenvalue weighted by Crippen LogP contribution is 2.34. The van der Waals surface area contributed by atoms with E-state index < -0.39 is 29.3 Å². The highest BCUT2D eigenvalue weighted by atomic mass is 16.5. The summed E-state index contributed by atoms with van der Waals surface area (Å²) in [5.41, 5.74) is 6.46. The second-order valence-electron chi connectivity index (χ2n) is 10.5. The van der Waals surface area contributed by atoms with Crippen LogP contribution in [0.1, 0.15) is 66.7 Å². The molecule has 1 atom stereocenters. The zero-order chi connectivity index (χ0) is 30.1. The van der Waals surface area contributed by atoms with Crippen molar-refractivity contribution < 1.29 is 32.7 Å². The minimum Gasteiger partial charge on any atom is -0.473 e. The molecule has 214 valence electrons. The Morgan fingerprint density at radius 2 is 1.66 bits per heavy atom. The highest BCUT2D eigenvalue weighted by Gasteiger charge is 2.31. The number of nitrogens with two attached hydrogens (primary N) is 1. The number of benzene rings is 2. The molecule has 4 aromatic rings. The van der Waals surface area contributed by atoms with Gasteiger partial charge in [0.05, 0.1) is 12.0 Å². The van der Waals surface area contributed by atoms with Gasteiger partial charge in [0, 0.05) is 5.56 Å². The Morgan fingerprint density at radius 1 is 1.00 bits per heavy atom. The van der Waals surface area contributed by atoms with Gasteiger partial charge in [-0.25, -0.2) is 4.79 Å².